The summed E-state index contributed by atoms with van der Waals surface area (Å²) in [5.74, 6) is 0.834. The molecule has 0 radical (unpaired) electrons. The summed E-state index contributed by atoms with van der Waals surface area (Å²) in [6.45, 7) is 7.14. The summed E-state index contributed by atoms with van der Waals surface area (Å²) in [6, 6.07) is -0.458. The molecule has 11 heteroatoms. The first kappa shape index (κ1) is 20.2. The van der Waals surface area contributed by atoms with Crippen LogP contribution in [-0.2, 0) is 9.47 Å². The van der Waals surface area contributed by atoms with Crippen molar-refractivity contribution in [2.75, 3.05) is 14.2 Å². The average molecular weight is 379 g/mol. The maximum atomic E-state index is 12.0. The van der Waals surface area contributed by atoms with E-state index >= 15 is 0 Å². The summed E-state index contributed by atoms with van der Waals surface area (Å²) in [5.41, 5.74) is -0.602. The Morgan fingerprint density at radius 2 is 2.00 bits per heavy atom. The number of carbonyl (C=O) groups is 2. The maximum absolute atomic E-state index is 12.0. The van der Waals surface area contributed by atoms with E-state index < -0.39 is 30.0 Å². The molecule has 0 aromatic carbocycles. The number of nitrogens with one attached hydrogen (secondary N) is 2. The third kappa shape index (κ3) is 5.43. The largest absolute Gasteiger partial charge is 0.453 e. The summed E-state index contributed by atoms with van der Waals surface area (Å²) in [7, 11) is 3.07. The number of nitrogens with zero attached hydrogens (tertiary/aromatic N) is 5. The van der Waals surface area contributed by atoms with Gasteiger partial charge in [0.2, 0.25) is 0 Å². The number of amides is 2. The van der Waals surface area contributed by atoms with Crippen molar-refractivity contribution >= 4 is 18.5 Å². The maximum Gasteiger partial charge on any atom is 0.412 e. The Morgan fingerprint density at radius 3 is 2.63 bits per heavy atom. The fraction of sp³-hybridized carbons (Fsp3) is 0.562. The zero-order chi connectivity index (χ0) is 20.2. The fourth-order valence-corrected chi connectivity index (χ4v) is 2.32. The number of methoxy groups -OCH3 is 1. The highest BCUT2D eigenvalue weighted by Gasteiger charge is 2.26. The number of rotatable bonds is 4. The molecule has 1 aliphatic heterocycles. The van der Waals surface area contributed by atoms with E-state index in [0.29, 0.717) is 11.6 Å². The van der Waals surface area contributed by atoms with Crippen LogP contribution in [0.25, 0.3) is 0 Å². The van der Waals surface area contributed by atoms with Crippen LogP contribution in [0.3, 0.4) is 0 Å². The molecular weight excluding hydrogens is 354 g/mol. The van der Waals surface area contributed by atoms with Crippen molar-refractivity contribution < 1.29 is 19.1 Å². The third-order valence-corrected chi connectivity index (χ3v) is 3.49. The van der Waals surface area contributed by atoms with Crippen LogP contribution < -0.4 is 10.6 Å². The Kier molecular flexibility index (Phi) is 6.03. The lowest BCUT2D eigenvalue weighted by Gasteiger charge is -2.29. The minimum absolute atomic E-state index is 0.319. The predicted octanol–water partition coefficient (Wildman–Crippen LogP) is 1.53. The smallest absolute Gasteiger partial charge is 0.412 e. The van der Waals surface area contributed by atoms with Gasteiger partial charge in [0.05, 0.1) is 19.5 Å². The molecule has 0 fully saturated rings. The van der Waals surface area contributed by atoms with Crippen molar-refractivity contribution in [2.45, 2.75) is 45.5 Å². The Balaban J connectivity index is 2.18. The molecule has 1 aromatic heterocycles. The fourth-order valence-electron chi connectivity index (χ4n) is 2.32. The molecule has 0 saturated heterocycles. The van der Waals surface area contributed by atoms with Gasteiger partial charge in [-0.15, -0.1) is 0 Å². The Morgan fingerprint density at radius 1 is 1.30 bits per heavy atom. The molecule has 1 unspecified atom stereocenters. The van der Waals surface area contributed by atoms with Gasteiger partial charge in [0.25, 0.3) is 0 Å². The van der Waals surface area contributed by atoms with Gasteiger partial charge in [-0.2, -0.15) is 5.10 Å². The van der Waals surface area contributed by atoms with E-state index in [-0.39, 0.29) is 0 Å². The lowest BCUT2D eigenvalue weighted by Crippen LogP contribution is -2.37. The first-order valence-corrected chi connectivity index (χ1v) is 8.32. The zero-order valence-corrected chi connectivity index (χ0v) is 16.3. The predicted molar refractivity (Wildman–Crippen MR) is 96.7 cm³/mol. The van der Waals surface area contributed by atoms with E-state index in [1.807, 2.05) is 0 Å². The molecule has 2 heterocycles. The molecule has 0 bridgehead atoms. The minimum Gasteiger partial charge on any atom is -0.453 e. The monoisotopic (exact) mass is 379 g/mol. The van der Waals surface area contributed by atoms with E-state index in [9.17, 15) is 9.59 Å². The summed E-state index contributed by atoms with van der Waals surface area (Å²) in [5, 5.41) is 9.50. The molecule has 148 valence electrons. The van der Waals surface area contributed by atoms with Crippen molar-refractivity contribution in [1.29, 1.82) is 0 Å². The lowest BCUT2D eigenvalue weighted by molar-refractivity contribution is 0.0503. The van der Waals surface area contributed by atoms with Crippen LogP contribution in [0.5, 0.6) is 0 Å². The van der Waals surface area contributed by atoms with Crippen LogP contribution in [-0.4, -0.2) is 57.9 Å². The molecule has 2 N–H and O–H groups in total. The molecule has 1 aliphatic rings. The topological polar surface area (TPSA) is 123 Å². The Labute approximate surface area is 157 Å². The first-order valence-electron chi connectivity index (χ1n) is 8.32. The second-order valence-corrected chi connectivity index (χ2v) is 6.92. The normalized spacial score (nSPS) is 17.8. The number of aromatic nitrogens is 3. The molecule has 2 amide bonds. The number of alkyl carbamates (subject to hydrolysis) is 2. The van der Waals surface area contributed by atoms with Crippen LogP contribution in [0, 0.1) is 0 Å². The number of ether oxygens (including phenoxy) is 2. The number of hydrogen-bond donors (Lipinski definition) is 2. The van der Waals surface area contributed by atoms with Crippen LogP contribution in [0.15, 0.2) is 23.2 Å². The van der Waals surface area contributed by atoms with Gasteiger partial charge in [0.1, 0.15) is 23.9 Å². The van der Waals surface area contributed by atoms with E-state index in [0.717, 1.165) is 0 Å². The number of hydrogen-bond acceptors (Lipinski definition) is 8. The molecule has 11 nitrogen and oxygen atoms in total. The van der Waals surface area contributed by atoms with E-state index in [1.54, 1.807) is 56.7 Å². The van der Waals surface area contributed by atoms with Crippen LogP contribution >= 0.6 is 0 Å². The number of aliphatic imine (C=N–C) groups is 1. The van der Waals surface area contributed by atoms with Gasteiger partial charge in [-0.25, -0.2) is 24.2 Å². The van der Waals surface area contributed by atoms with Crippen molar-refractivity contribution in [3.8, 4) is 0 Å². The van der Waals surface area contributed by atoms with Crippen molar-refractivity contribution in [3.63, 3.8) is 0 Å². The van der Waals surface area contributed by atoms with E-state index in [4.69, 9.17) is 4.74 Å². The molecule has 27 heavy (non-hydrogen) atoms. The van der Waals surface area contributed by atoms with Gasteiger partial charge < -0.3 is 19.7 Å². The highest BCUT2D eigenvalue weighted by molar-refractivity contribution is 5.70. The first-order chi connectivity index (χ1) is 12.6. The van der Waals surface area contributed by atoms with Gasteiger partial charge in [0.15, 0.2) is 5.82 Å². The second kappa shape index (κ2) is 8.06. The van der Waals surface area contributed by atoms with Gasteiger partial charge in [-0.3, -0.25) is 5.32 Å². The molecule has 1 aromatic rings. The quantitative estimate of drug-likeness (QED) is 0.813. The van der Waals surface area contributed by atoms with Gasteiger partial charge in [0, 0.05) is 13.1 Å². The molecule has 2 rings (SSSR count). The standard InChI is InChI=1S/C16H25N7O4/c1-10(20-15(25)27-16(2,3)4)13-17-8-19-23(13)12-7-11(18-9-22(12)5)21-14(24)26-6/h7-10,12H,1-6H3,(H,20,25)(H,21,24)/t10-,12?/m0/s1. The summed E-state index contributed by atoms with van der Waals surface area (Å²) in [4.78, 5) is 33.6. The Hall–Kier alpha value is -3.11. The molecule has 0 saturated carbocycles. The van der Waals surface area contributed by atoms with E-state index in [1.165, 1.54) is 13.4 Å². The molecule has 2 atom stereocenters. The van der Waals surface area contributed by atoms with E-state index in [2.05, 4.69) is 30.4 Å². The zero-order valence-electron chi connectivity index (χ0n) is 16.3. The van der Waals surface area contributed by atoms with Crippen molar-refractivity contribution in [1.82, 2.24) is 30.3 Å². The van der Waals surface area contributed by atoms with Crippen LogP contribution in [0.2, 0.25) is 0 Å². The highest BCUT2D eigenvalue weighted by atomic mass is 16.6. The lowest BCUT2D eigenvalue weighted by atomic mass is 10.2. The molecular formula is C16H25N7O4. The third-order valence-electron chi connectivity index (χ3n) is 3.49. The second-order valence-electron chi connectivity index (χ2n) is 6.92. The van der Waals surface area contributed by atoms with Gasteiger partial charge in [-0.1, -0.05) is 0 Å². The SMILES string of the molecule is COC(=O)NC1=CC(n2ncnc2[C@H](C)NC(=O)OC(C)(C)C)N(C)C=N1. The van der Waals surface area contributed by atoms with Gasteiger partial charge in [-0.05, 0) is 27.7 Å². The Bertz CT molecular complexity index is 750. The summed E-state index contributed by atoms with van der Waals surface area (Å²) >= 11 is 0. The highest BCUT2D eigenvalue weighted by Crippen LogP contribution is 2.21. The number of likely N-dealkylation sites (N-methyl/N-ethyl adjacent to an activating group) is 1. The van der Waals surface area contributed by atoms with Crippen LogP contribution in [0.4, 0.5) is 9.59 Å². The summed E-state index contributed by atoms with van der Waals surface area (Å²) in [6.07, 6.45) is 3.05. The average Bonchev–Trinajstić information content (AvgIpc) is 3.04. The van der Waals surface area contributed by atoms with Crippen molar-refractivity contribution in [2.24, 2.45) is 4.99 Å². The molecule has 0 aliphatic carbocycles. The molecule has 0 spiro atoms. The van der Waals surface area contributed by atoms with Gasteiger partial charge >= 0.3 is 12.2 Å². The number of carbonyl (C=O) groups excluding carboxylic acids is 2. The van der Waals surface area contributed by atoms with Crippen LogP contribution in [0.1, 0.15) is 45.7 Å². The summed E-state index contributed by atoms with van der Waals surface area (Å²) < 4.78 is 11.5. The minimum atomic E-state index is -0.625. The van der Waals surface area contributed by atoms with Crippen molar-refractivity contribution in [3.05, 3.63) is 24.0 Å².